The van der Waals surface area contributed by atoms with Crippen molar-refractivity contribution in [3.05, 3.63) is 59.7 Å². The Kier molecular flexibility index (Phi) is 6.07. The molecule has 0 fully saturated rings. The van der Waals surface area contributed by atoms with Gasteiger partial charge in [-0.2, -0.15) is 5.26 Å². The molecule has 0 heterocycles. The lowest BCUT2D eigenvalue weighted by molar-refractivity contribution is -0.119. The maximum absolute atomic E-state index is 12.0. The second-order valence-corrected chi connectivity index (χ2v) is 6.04. The highest BCUT2D eigenvalue weighted by Gasteiger charge is 2.10. The highest BCUT2D eigenvalue weighted by atomic mass is 32.2. The molecule has 4 nitrogen and oxygen atoms in total. The van der Waals surface area contributed by atoms with Gasteiger partial charge < -0.3 is 10.1 Å². The van der Waals surface area contributed by atoms with E-state index in [-0.39, 0.29) is 11.9 Å². The molecule has 0 aliphatic carbocycles. The Bertz CT molecular complexity index is 690. The third kappa shape index (κ3) is 5.04. The van der Waals surface area contributed by atoms with Gasteiger partial charge in [0.15, 0.2) is 0 Å². The van der Waals surface area contributed by atoms with Gasteiger partial charge in [-0.25, -0.2) is 0 Å². The number of ether oxygens (including phenoxy) is 1. The van der Waals surface area contributed by atoms with Crippen molar-refractivity contribution in [2.45, 2.75) is 17.9 Å². The van der Waals surface area contributed by atoms with E-state index < -0.39 is 0 Å². The summed E-state index contributed by atoms with van der Waals surface area (Å²) < 4.78 is 5.10. The lowest BCUT2D eigenvalue weighted by Crippen LogP contribution is -2.28. The van der Waals surface area contributed by atoms with Crippen molar-refractivity contribution in [1.29, 1.82) is 5.26 Å². The molecular weight excluding hydrogens is 308 g/mol. The van der Waals surface area contributed by atoms with Crippen molar-refractivity contribution >= 4 is 17.7 Å². The molecule has 2 aromatic rings. The second kappa shape index (κ2) is 8.25. The fraction of sp³-hybridized carbons (Fsp3) is 0.222. The Morgan fingerprint density at radius 1 is 1.22 bits per heavy atom. The lowest BCUT2D eigenvalue weighted by atomic mass is 10.1. The normalized spacial score (nSPS) is 11.3. The van der Waals surface area contributed by atoms with Gasteiger partial charge in [-0.05, 0) is 48.9 Å². The number of hydrogen-bond donors (Lipinski definition) is 1. The van der Waals surface area contributed by atoms with Gasteiger partial charge in [0.25, 0.3) is 0 Å². The largest absolute Gasteiger partial charge is 0.497 e. The molecule has 5 heteroatoms. The van der Waals surface area contributed by atoms with Crippen molar-refractivity contribution in [3.63, 3.8) is 0 Å². The monoisotopic (exact) mass is 326 g/mol. The summed E-state index contributed by atoms with van der Waals surface area (Å²) in [5.74, 6) is 1.13. The average Bonchev–Trinajstić information content (AvgIpc) is 2.60. The SMILES string of the molecule is COc1ccc(SCC(=O)NC(C)c2ccc(C#N)cc2)cc1. The van der Waals surface area contributed by atoms with E-state index in [9.17, 15) is 4.79 Å². The number of methoxy groups -OCH3 is 1. The molecule has 2 rings (SSSR count). The van der Waals surface area contributed by atoms with E-state index >= 15 is 0 Å². The zero-order chi connectivity index (χ0) is 16.7. The van der Waals surface area contributed by atoms with E-state index in [4.69, 9.17) is 10.00 Å². The molecule has 1 N–H and O–H groups in total. The number of carbonyl (C=O) groups excluding carboxylic acids is 1. The van der Waals surface area contributed by atoms with Crippen LogP contribution in [0, 0.1) is 11.3 Å². The van der Waals surface area contributed by atoms with Crippen LogP contribution in [0.5, 0.6) is 5.75 Å². The highest BCUT2D eigenvalue weighted by molar-refractivity contribution is 8.00. The number of hydrogen-bond acceptors (Lipinski definition) is 4. The van der Waals surface area contributed by atoms with Gasteiger partial charge in [0, 0.05) is 4.90 Å². The smallest absolute Gasteiger partial charge is 0.230 e. The molecule has 0 saturated heterocycles. The summed E-state index contributed by atoms with van der Waals surface area (Å²) in [6.45, 7) is 1.93. The van der Waals surface area contributed by atoms with Gasteiger partial charge in [-0.3, -0.25) is 4.79 Å². The van der Waals surface area contributed by atoms with Crippen molar-refractivity contribution in [2.24, 2.45) is 0 Å². The van der Waals surface area contributed by atoms with Crippen LogP contribution >= 0.6 is 11.8 Å². The fourth-order valence-corrected chi connectivity index (χ4v) is 2.74. The predicted molar refractivity (Wildman–Crippen MR) is 91.4 cm³/mol. The Labute approximate surface area is 140 Å². The van der Waals surface area contributed by atoms with Crippen LogP contribution < -0.4 is 10.1 Å². The third-order valence-electron chi connectivity index (χ3n) is 3.35. The number of nitriles is 1. The molecule has 0 radical (unpaired) electrons. The number of benzene rings is 2. The summed E-state index contributed by atoms with van der Waals surface area (Å²) in [4.78, 5) is 13.1. The molecule has 1 amide bonds. The summed E-state index contributed by atoms with van der Waals surface area (Å²) in [6.07, 6.45) is 0. The first kappa shape index (κ1) is 16.9. The minimum Gasteiger partial charge on any atom is -0.497 e. The quantitative estimate of drug-likeness (QED) is 0.825. The maximum atomic E-state index is 12.0. The van der Waals surface area contributed by atoms with Crippen LogP contribution in [-0.2, 0) is 4.79 Å². The van der Waals surface area contributed by atoms with E-state index in [1.54, 1.807) is 19.2 Å². The van der Waals surface area contributed by atoms with Crippen molar-refractivity contribution in [2.75, 3.05) is 12.9 Å². The number of nitrogens with one attached hydrogen (secondary N) is 1. The minimum absolute atomic E-state index is 0.0253. The zero-order valence-electron chi connectivity index (χ0n) is 13.1. The van der Waals surface area contributed by atoms with Gasteiger partial charge in [-0.15, -0.1) is 11.8 Å². The van der Waals surface area contributed by atoms with Crippen LogP contribution in [0.1, 0.15) is 24.1 Å². The first-order valence-electron chi connectivity index (χ1n) is 7.18. The Morgan fingerprint density at radius 2 is 1.87 bits per heavy atom. The van der Waals surface area contributed by atoms with Crippen LogP contribution in [0.15, 0.2) is 53.4 Å². The van der Waals surface area contributed by atoms with Gasteiger partial charge in [0.2, 0.25) is 5.91 Å². The standard InChI is InChI=1S/C18H18N2O2S/c1-13(15-5-3-14(11-19)4-6-15)20-18(21)12-23-17-9-7-16(22-2)8-10-17/h3-10,13H,12H2,1-2H3,(H,20,21). The third-order valence-corrected chi connectivity index (χ3v) is 4.36. The van der Waals surface area contributed by atoms with E-state index in [1.165, 1.54) is 11.8 Å². The first-order valence-corrected chi connectivity index (χ1v) is 8.17. The van der Waals surface area contributed by atoms with Gasteiger partial charge in [0.1, 0.15) is 5.75 Å². The number of nitrogens with zero attached hydrogens (tertiary/aromatic N) is 1. The van der Waals surface area contributed by atoms with Gasteiger partial charge >= 0.3 is 0 Å². The van der Waals surface area contributed by atoms with Crippen LogP contribution in [0.2, 0.25) is 0 Å². The van der Waals surface area contributed by atoms with Crippen molar-refractivity contribution in [1.82, 2.24) is 5.32 Å². The predicted octanol–water partition coefficient (Wildman–Crippen LogP) is 3.54. The number of thioether (sulfide) groups is 1. The first-order chi connectivity index (χ1) is 11.1. The van der Waals surface area contributed by atoms with Crippen molar-refractivity contribution in [3.8, 4) is 11.8 Å². The summed E-state index contributed by atoms with van der Waals surface area (Å²) in [7, 11) is 1.63. The molecule has 0 saturated carbocycles. The fourth-order valence-electron chi connectivity index (χ4n) is 2.03. The topological polar surface area (TPSA) is 62.1 Å². The molecule has 0 aromatic heterocycles. The number of amides is 1. The Hall–Kier alpha value is -2.45. The van der Waals surface area contributed by atoms with E-state index in [2.05, 4.69) is 11.4 Å². The van der Waals surface area contributed by atoms with Crippen molar-refractivity contribution < 1.29 is 9.53 Å². The minimum atomic E-state index is -0.0910. The molecule has 0 spiro atoms. The van der Waals surface area contributed by atoms with Gasteiger partial charge in [0.05, 0.1) is 30.5 Å². The Balaban J connectivity index is 1.84. The van der Waals surface area contributed by atoms with Crippen LogP contribution in [-0.4, -0.2) is 18.8 Å². The lowest BCUT2D eigenvalue weighted by Gasteiger charge is -2.14. The zero-order valence-corrected chi connectivity index (χ0v) is 13.9. The summed E-state index contributed by atoms with van der Waals surface area (Å²) >= 11 is 1.48. The van der Waals surface area contributed by atoms with E-state index in [1.807, 2.05) is 43.3 Å². The molecule has 1 atom stereocenters. The Morgan fingerprint density at radius 3 is 2.43 bits per heavy atom. The van der Waals surface area contributed by atoms with E-state index in [0.717, 1.165) is 16.2 Å². The van der Waals surface area contributed by atoms with Crippen LogP contribution in [0.3, 0.4) is 0 Å². The van der Waals surface area contributed by atoms with Crippen LogP contribution in [0.25, 0.3) is 0 Å². The summed E-state index contributed by atoms with van der Waals surface area (Å²) in [5, 5.41) is 11.8. The second-order valence-electron chi connectivity index (χ2n) is 4.99. The molecule has 23 heavy (non-hydrogen) atoms. The molecule has 0 aliphatic heterocycles. The van der Waals surface area contributed by atoms with E-state index in [0.29, 0.717) is 11.3 Å². The van der Waals surface area contributed by atoms with Gasteiger partial charge in [-0.1, -0.05) is 12.1 Å². The molecule has 1 unspecified atom stereocenters. The number of rotatable bonds is 6. The summed E-state index contributed by atoms with van der Waals surface area (Å²) in [6, 6.07) is 16.8. The van der Waals surface area contributed by atoms with Crippen LogP contribution in [0.4, 0.5) is 0 Å². The molecular formula is C18H18N2O2S. The maximum Gasteiger partial charge on any atom is 0.230 e. The molecule has 118 valence electrons. The number of carbonyl (C=O) groups is 1. The summed E-state index contributed by atoms with van der Waals surface area (Å²) in [5.41, 5.74) is 1.59. The molecule has 0 bridgehead atoms. The highest BCUT2D eigenvalue weighted by Crippen LogP contribution is 2.21. The molecule has 2 aromatic carbocycles. The molecule has 0 aliphatic rings. The average molecular weight is 326 g/mol.